The zero-order valence-electron chi connectivity index (χ0n) is 16.4. The standard InChI is InChI=1S/C20H16ClF2N7OS/c21-15-7-13(27-20(24)28-15)17-12(9-30(29-17)19(22)23)6-16-26-14(10-32-16)18(31)25-8-11-4-2-1-3-5-11/h1-5,7,9-10,19H,6,8H2,(H,25,31)(H2,24,27,28). The molecule has 0 unspecified atom stereocenters. The third-order valence-electron chi connectivity index (χ3n) is 4.38. The normalized spacial score (nSPS) is 11.1. The van der Waals surface area contributed by atoms with Crippen LogP contribution < -0.4 is 11.1 Å². The molecule has 32 heavy (non-hydrogen) atoms. The lowest BCUT2D eigenvalue weighted by atomic mass is 10.1. The van der Waals surface area contributed by atoms with Crippen LogP contribution in [0.3, 0.4) is 0 Å². The van der Waals surface area contributed by atoms with E-state index in [0.717, 1.165) is 5.56 Å². The Hall–Kier alpha value is -3.44. The first-order valence-electron chi connectivity index (χ1n) is 9.32. The van der Waals surface area contributed by atoms with Gasteiger partial charge in [-0.2, -0.15) is 13.9 Å². The van der Waals surface area contributed by atoms with E-state index in [4.69, 9.17) is 17.3 Å². The van der Waals surface area contributed by atoms with Crippen molar-refractivity contribution in [2.45, 2.75) is 19.5 Å². The number of carbonyl (C=O) groups is 1. The van der Waals surface area contributed by atoms with Crippen LogP contribution in [0, 0.1) is 0 Å². The lowest BCUT2D eigenvalue weighted by Gasteiger charge is -2.03. The molecule has 3 N–H and O–H groups in total. The van der Waals surface area contributed by atoms with Crippen molar-refractivity contribution in [2.75, 3.05) is 5.73 Å². The zero-order valence-corrected chi connectivity index (χ0v) is 17.9. The Kier molecular flexibility index (Phi) is 6.37. The van der Waals surface area contributed by atoms with E-state index < -0.39 is 6.55 Å². The van der Waals surface area contributed by atoms with E-state index in [1.54, 1.807) is 5.38 Å². The molecule has 164 valence electrons. The van der Waals surface area contributed by atoms with Crippen LogP contribution in [0.5, 0.6) is 0 Å². The number of nitrogen functional groups attached to an aromatic ring is 1. The van der Waals surface area contributed by atoms with Gasteiger partial charge in [0.05, 0.1) is 10.7 Å². The number of halogens is 3. The second-order valence-corrected chi connectivity index (χ2v) is 8.00. The van der Waals surface area contributed by atoms with E-state index >= 15 is 0 Å². The van der Waals surface area contributed by atoms with Crippen LogP contribution in [0.1, 0.15) is 33.2 Å². The Morgan fingerprint density at radius 3 is 2.72 bits per heavy atom. The molecule has 1 amide bonds. The Balaban J connectivity index is 1.54. The number of carbonyl (C=O) groups excluding carboxylic acids is 1. The van der Waals surface area contributed by atoms with Crippen LogP contribution in [-0.2, 0) is 13.0 Å². The van der Waals surface area contributed by atoms with Crippen LogP contribution in [0.4, 0.5) is 14.7 Å². The number of nitrogens with zero attached hydrogens (tertiary/aromatic N) is 5. The highest BCUT2D eigenvalue weighted by atomic mass is 35.5. The summed E-state index contributed by atoms with van der Waals surface area (Å²) in [5.74, 6) is -0.424. The average molecular weight is 476 g/mol. The number of hydrogen-bond acceptors (Lipinski definition) is 7. The summed E-state index contributed by atoms with van der Waals surface area (Å²) in [6.45, 7) is -2.47. The first kappa shape index (κ1) is 21.8. The number of hydrogen-bond donors (Lipinski definition) is 2. The molecule has 0 aliphatic heterocycles. The first-order valence-corrected chi connectivity index (χ1v) is 10.6. The fourth-order valence-electron chi connectivity index (χ4n) is 2.96. The zero-order chi connectivity index (χ0) is 22.7. The van der Waals surface area contributed by atoms with Gasteiger partial charge in [0.15, 0.2) is 0 Å². The average Bonchev–Trinajstić information content (AvgIpc) is 3.40. The molecular formula is C20H16ClF2N7OS. The number of nitrogens with one attached hydrogen (secondary N) is 1. The molecule has 0 radical (unpaired) electrons. The summed E-state index contributed by atoms with van der Waals surface area (Å²) in [6.07, 6.45) is 1.38. The van der Waals surface area contributed by atoms with Gasteiger partial charge in [-0.25, -0.2) is 19.6 Å². The first-order chi connectivity index (χ1) is 15.4. The number of thiazole rings is 1. The summed E-state index contributed by atoms with van der Waals surface area (Å²) in [5, 5.41) is 8.97. The van der Waals surface area contributed by atoms with Crippen LogP contribution in [-0.4, -0.2) is 30.6 Å². The van der Waals surface area contributed by atoms with E-state index in [9.17, 15) is 13.6 Å². The maximum absolute atomic E-state index is 13.3. The van der Waals surface area contributed by atoms with Crippen molar-refractivity contribution < 1.29 is 13.6 Å². The molecule has 3 aromatic heterocycles. The van der Waals surface area contributed by atoms with Crippen LogP contribution in [0.2, 0.25) is 5.15 Å². The molecule has 4 rings (SSSR count). The van der Waals surface area contributed by atoms with Gasteiger partial charge in [-0.3, -0.25) is 4.79 Å². The van der Waals surface area contributed by atoms with Gasteiger partial charge in [-0.1, -0.05) is 41.9 Å². The van der Waals surface area contributed by atoms with Gasteiger partial charge in [-0.05, 0) is 5.56 Å². The summed E-state index contributed by atoms with van der Waals surface area (Å²) < 4.78 is 27.0. The molecule has 0 aliphatic carbocycles. The minimum Gasteiger partial charge on any atom is -0.368 e. The lowest BCUT2D eigenvalue weighted by molar-refractivity contribution is 0.0567. The Labute approximate surface area is 190 Å². The van der Waals surface area contributed by atoms with E-state index in [1.165, 1.54) is 23.6 Å². The molecule has 0 saturated carbocycles. The minimum atomic E-state index is -2.84. The monoisotopic (exact) mass is 475 g/mol. The second kappa shape index (κ2) is 9.37. The van der Waals surface area contributed by atoms with Crippen LogP contribution >= 0.6 is 22.9 Å². The van der Waals surface area contributed by atoms with Crippen molar-refractivity contribution in [1.82, 2.24) is 30.0 Å². The fourth-order valence-corrected chi connectivity index (χ4v) is 3.95. The number of benzene rings is 1. The second-order valence-electron chi connectivity index (χ2n) is 6.67. The topological polar surface area (TPSA) is 112 Å². The number of rotatable bonds is 7. The number of aromatic nitrogens is 5. The molecule has 8 nitrogen and oxygen atoms in total. The van der Waals surface area contributed by atoms with Gasteiger partial charge >= 0.3 is 6.55 Å². The molecule has 1 aromatic carbocycles. The van der Waals surface area contributed by atoms with Crippen molar-refractivity contribution in [3.05, 3.63) is 75.0 Å². The molecule has 0 spiro atoms. The molecule has 0 aliphatic rings. The molecule has 0 fully saturated rings. The lowest BCUT2D eigenvalue weighted by Crippen LogP contribution is -2.23. The smallest absolute Gasteiger partial charge is 0.333 e. The van der Waals surface area contributed by atoms with Gasteiger partial charge in [0, 0.05) is 36.2 Å². The maximum atomic E-state index is 13.3. The van der Waals surface area contributed by atoms with Crippen LogP contribution in [0.15, 0.2) is 48.0 Å². The molecule has 12 heteroatoms. The molecule has 0 atom stereocenters. The van der Waals surface area contributed by atoms with Crippen molar-refractivity contribution in [3.8, 4) is 11.4 Å². The SMILES string of the molecule is Nc1nc(Cl)cc(-c2nn(C(F)F)cc2Cc2nc(C(=O)NCc3ccccc3)cs2)n1. The summed E-state index contributed by atoms with van der Waals surface area (Å²) in [5.41, 5.74) is 7.68. The number of alkyl halides is 2. The van der Waals surface area contributed by atoms with Gasteiger partial charge in [0.1, 0.15) is 16.5 Å². The van der Waals surface area contributed by atoms with Gasteiger partial charge < -0.3 is 11.1 Å². The van der Waals surface area contributed by atoms with Crippen molar-refractivity contribution in [3.63, 3.8) is 0 Å². The summed E-state index contributed by atoms with van der Waals surface area (Å²) in [4.78, 5) is 24.6. The van der Waals surface area contributed by atoms with Crippen molar-refractivity contribution >= 4 is 34.8 Å². The molecule has 3 heterocycles. The fraction of sp³-hybridized carbons (Fsp3) is 0.150. The highest BCUT2D eigenvalue weighted by Gasteiger charge is 2.20. The van der Waals surface area contributed by atoms with Gasteiger partial charge in [-0.15, -0.1) is 11.3 Å². The number of nitrogens with two attached hydrogens (primary N) is 1. The highest BCUT2D eigenvalue weighted by molar-refractivity contribution is 7.09. The van der Waals surface area contributed by atoms with E-state index in [2.05, 4.69) is 25.4 Å². The maximum Gasteiger partial charge on any atom is 0.333 e. The summed E-state index contributed by atoms with van der Waals surface area (Å²) in [7, 11) is 0. The predicted molar refractivity (Wildman–Crippen MR) is 116 cm³/mol. The van der Waals surface area contributed by atoms with Crippen LogP contribution in [0.25, 0.3) is 11.4 Å². The summed E-state index contributed by atoms with van der Waals surface area (Å²) in [6, 6.07) is 10.9. The van der Waals surface area contributed by atoms with Crippen molar-refractivity contribution in [2.24, 2.45) is 0 Å². The molecular weight excluding hydrogens is 460 g/mol. The Morgan fingerprint density at radius 2 is 2.00 bits per heavy atom. The van der Waals surface area contributed by atoms with E-state index in [-0.39, 0.29) is 40.5 Å². The van der Waals surface area contributed by atoms with Gasteiger partial charge in [0.2, 0.25) is 5.95 Å². The minimum absolute atomic E-state index is 0.0664. The summed E-state index contributed by atoms with van der Waals surface area (Å²) >= 11 is 7.17. The number of amides is 1. The Morgan fingerprint density at radius 1 is 1.22 bits per heavy atom. The number of anilines is 1. The largest absolute Gasteiger partial charge is 0.368 e. The van der Waals surface area contributed by atoms with Gasteiger partial charge in [0.25, 0.3) is 5.91 Å². The van der Waals surface area contributed by atoms with E-state index in [1.807, 2.05) is 30.3 Å². The Bertz CT molecular complexity index is 1230. The molecule has 0 saturated heterocycles. The third kappa shape index (κ3) is 5.06. The quantitative estimate of drug-likeness (QED) is 0.391. The molecule has 4 aromatic rings. The highest BCUT2D eigenvalue weighted by Crippen LogP contribution is 2.28. The van der Waals surface area contributed by atoms with E-state index in [0.29, 0.717) is 21.8 Å². The third-order valence-corrected chi connectivity index (χ3v) is 5.43. The predicted octanol–water partition coefficient (Wildman–Crippen LogP) is 3.95. The van der Waals surface area contributed by atoms with Crippen molar-refractivity contribution in [1.29, 1.82) is 0 Å². The molecule has 0 bridgehead atoms.